The molecule has 0 saturated carbocycles. The Bertz CT molecular complexity index is 400. The van der Waals surface area contributed by atoms with Crippen LogP contribution in [0.4, 0.5) is 20.4 Å². The summed E-state index contributed by atoms with van der Waals surface area (Å²) in [5, 5.41) is 10.5. The Morgan fingerprint density at radius 1 is 1.67 bits per heavy atom. The number of nitrogens with two attached hydrogens (primary N) is 1. The number of nitrogens with zero attached hydrogens (tertiary/aromatic N) is 2. The number of rotatable bonds is 3. The average Bonchev–Trinajstić information content (AvgIpc) is 2.15. The summed E-state index contributed by atoms with van der Waals surface area (Å²) >= 11 is 5.39. The second kappa shape index (κ2) is 4.35. The van der Waals surface area contributed by atoms with Crippen molar-refractivity contribution in [3.8, 4) is 0 Å². The zero-order valence-corrected chi connectivity index (χ0v) is 8.04. The summed E-state index contributed by atoms with van der Waals surface area (Å²) in [4.78, 5) is 12.7. The van der Waals surface area contributed by atoms with E-state index in [1.807, 2.05) is 0 Å². The molecule has 15 heavy (non-hydrogen) atoms. The monoisotopic (exact) mass is 237 g/mol. The highest BCUT2D eigenvalue weighted by molar-refractivity contribution is 6.17. The molecule has 1 rings (SSSR count). The van der Waals surface area contributed by atoms with Crippen molar-refractivity contribution in [2.24, 2.45) is 0 Å². The minimum atomic E-state index is -3.01. The first-order valence-corrected chi connectivity index (χ1v) is 4.28. The molecule has 82 valence electrons. The van der Waals surface area contributed by atoms with E-state index < -0.39 is 22.7 Å². The number of halogens is 3. The molecule has 0 aromatic carbocycles. The lowest BCUT2D eigenvalue weighted by Crippen LogP contribution is -2.05. The molecule has 0 radical (unpaired) electrons. The van der Waals surface area contributed by atoms with E-state index in [2.05, 4.69) is 4.98 Å². The number of hydrogen-bond acceptors (Lipinski definition) is 4. The quantitative estimate of drug-likeness (QED) is 0.497. The van der Waals surface area contributed by atoms with Gasteiger partial charge in [-0.25, -0.2) is 8.78 Å². The Balaban J connectivity index is 3.47. The van der Waals surface area contributed by atoms with Gasteiger partial charge in [0, 0.05) is 11.9 Å². The van der Waals surface area contributed by atoms with Crippen LogP contribution in [0.5, 0.6) is 0 Å². The molecule has 0 unspecified atom stereocenters. The summed E-state index contributed by atoms with van der Waals surface area (Å²) in [6, 6.07) is 1.10. The molecule has 0 atom stereocenters. The lowest BCUT2D eigenvalue weighted by molar-refractivity contribution is -0.390. The highest BCUT2D eigenvalue weighted by Gasteiger charge is 2.27. The molecule has 1 heterocycles. The van der Waals surface area contributed by atoms with Crippen LogP contribution in [0, 0.1) is 10.1 Å². The molecule has 1 aromatic heterocycles. The highest BCUT2D eigenvalue weighted by atomic mass is 35.5. The van der Waals surface area contributed by atoms with Crippen molar-refractivity contribution in [1.29, 1.82) is 0 Å². The highest BCUT2D eigenvalue weighted by Crippen LogP contribution is 2.32. The Labute approximate surface area is 88.0 Å². The molecule has 0 aliphatic carbocycles. The van der Waals surface area contributed by atoms with Crippen LogP contribution in [-0.4, -0.2) is 9.91 Å². The summed E-state index contributed by atoms with van der Waals surface area (Å²) in [5.41, 5.74) is 4.37. The minimum Gasteiger partial charge on any atom is -0.363 e. The SMILES string of the molecule is Nc1cc(CCl)c(C(F)F)c([N+](=O)[O-])n1. The lowest BCUT2D eigenvalue weighted by atomic mass is 10.1. The van der Waals surface area contributed by atoms with Crippen molar-refractivity contribution in [3.05, 3.63) is 27.3 Å². The third kappa shape index (κ3) is 2.30. The Morgan fingerprint density at radius 2 is 2.27 bits per heavy atom. The summed E-state index contributed by atoms with van der Waals surface area (Å²) in [6.07, 6.45) is -3.01. The van der Waals surface area contributed by atoms with Crippen LogP contribution in [0.15, 0.2) is 6.07 Å². The molecule has 0 spiro atoms. The fourth-order valence-corrected chi connectivity index (χ4v) is 1.32. The zero-order valence-electron chi connectivity index (χ0n) is 7.28. The third-order valence-corrected chi connectivity index (χ3v) is 1.97. The van der Waals surface area contributed by atoms with Gasteiger partial charge in [-0.3, -0.25) is 0 Å². The van der Waals surface area contributed by atoms with Gasteiger partial charge in [-0.2, -0.15) is 0 Å². The normalized spacial score (nSPS) is 10.7. The number of pyridine rings is 1. The summed E-state index contributed by atoms with van der Waals surface area (Å²) in [6.45, 7) is 0. The minimum absolute atomic E-state index is 0.0779. The summed E-state index contributed by atoms with van der Waals surface area (Å²) < 4.78 is 25.0. The van der Waals surface area contributed by atoms with E-state index in [1.54, 1.807) is 0 Å². The van der Waals surface area contributed by atoms with Gasteiger partial charge < -0.3 is 15.8 Å². The van der Waals surface area contributed by atoms with E-state index in [4.69, 9.17) is 17.3 Å². The van der Waals surface area contributed by atoms with Crippen LogP contribution in [0.2, 0.25) is 0 Å². The van der Waals surface area contributed by atoms with Gasteiger partial charge in [-0.1, -0.05) is 0 Å². The van der Waals surface area contributed by atoms with Crippen LogP contribution >= 0.6 is 11.6 Å². The largest absolute Gasteiger partial charge is 0.375 e. The first-order chi connectivity index (χ1) is 6.97. The topological polar surface area (TPSA) is 82.0 Å². The second-order valence-electron chi connectivity index (χ2n) is 2.63. The summed E-state index contributed by atoms with van der Waals surface area (Å²) in [5.74, 6) is -1.44. The number of hydrogen-bond donors (Lipinski definition) is 1. The van der Waals surface area contributed by atoms with Crippen molar-refractivity contribution in [2.45, 2.75) is 12.3 Å². The standard InChI is InChI=1S/C7H6ClF2N3O2/c8-2-3-1-4(11)12-7(13(14)15)5(3)6(9)10/h1,6H,2H2,(H2,11,12). The molecular weight excluding hydrogens is 232 g/mol. The predicted molar refractivity (Wildman–Crippen MR) is 49.8 cm³/mol. The van der Waals surface area contributed by atoms with E-state index in [9.17, 15) is 18.9 Å². The first-order valence-electron chi connectivity index (χ1n) is 3.75. The molecule has 5 nitrogen and oxygen atoms in total. The van der Waals surface area contributed by atoms with Crippen molar-refractivity contribution in [2.75, 3.05) is 5.73 Å². The van der Waals surface area contributed by atoms with Gasteiger partial charge in [-0.05, 0) is 15.5 Å². The number of alkyl halides is 3. The number of anilines is 1. The van der Waals surface area contributed by atoms with Gasteiger partial charge in [-0.15, -0.1) is 11.6 Å². The van der Waals surface area contributed by atoms with Gasteiger partial charge in [0.2, 0.25) is 5.82 Å². The molecule has 0 fully saturated rings. The van der Waals surface area contributed by atoms with Crippen molar-refractivity contribution >= 4 is 23.2 Å². The van der Waals surface area contributed by atoms with Crippen LogP contribution in [0.1, 0.15) is 17.6 Å². The van der Waals surface area contributed by atoms with Crippen LogP contribution in [0.3, 0.4) is 0 Å². The Kier molecular flexibility index (Phi) is 3.35. The first kappa shape index (κ1) is 11.6. The lowest BCUT2D eigenvalue weighted by Gasteiger charge is -2.06. The second-order valence-corrected chi connectivity index (χ2v) is 2.90. The Hall–Kier alpha value is -1.50. The van der Waals surface area contributed by atoms with Gasteiger partial charge in [0.25, 0.3) is 6.43 Å². The molecular formula is C7H6ClF2N3O2. The van der Waals surface area contributed by atoms with Gasteiger partial charge >= 0.3 is 5.82 Å². The van der Waals surface area contributed by atoms with E-state index in [1.165, 1.54) is 0 Å². The van der Waals surface area contributed by atoms with Gasteiger partial charge in [0.05, 0.1) is 0 Å². The van der Waals surface area contributed by atoms with Gasteiger partial charge in [0.15, 0.2) is 0 Å². The van der Waals surface area contributed by atoms with Crippen LogP contribution in [-0.2, 0) is 5.88 Å². The molecule has 0 aliphatic heterocycles. The van der Waals surface area contributed by atoms with Crippen LogP contribution < -0.4 is 5.73 Å². The van der Waals surface area contributed by atoms with Crippen LogP contribution in [0.25, 0.3) is 0 Å². The summed E-state index contributed by atoms with van der Waals surface area (Å²) in [7, 11) is 0. The van der Waals surface area contributed by atoms with E-state index in [-0.39, 0.29) is 17.3 Å². The smallest absolute Gasteiger partial charge is 0.363 e. The number of nitro groups is 1. The Morgan fingerprint density at radius 3 is 2.67 bits per heavy atom. The average molecular weight is 238 g/mol. The molecule has 2 N–H and O–H groups in total. The maximum absolute atomic E-state index is 12.5. The molecule has 0 saturated heterocycles. The molecule has 0 aliphatic rings. The zero-order chi connectivity index (χ0) is 11.6. The molecule has 0 bridgehead atoms. The van der Waals surface area contributed by atoms with Crippen molar-refractivity contribution in [1.82, 2.24) is 4.98 Å². The van der Waals surface area contributed by atoms with E-state index in [0.717, 1.165) is 6.07 Å². The molecule has 8 heteroatoms. The fourth-order valence-electron chi connectivity index (χ4n) is 1.10. The number of nitrogen functional groups attached to an aromatic ring is 1. The fraction of sp³-hybridized carbons (Fsp3) is 0.286. The molecule has 0 amide bonds. The van der Waals surface area contributed by atoms with Crippen molar-refractivity contribution in [3.63, 3.8) is 0 Å². The maximum Gasteiger partial charge on any atom is 0.375 e. The molecule has 1 aromatic rings. The van der Waals surface area contributed by atoms with Crippen molar-refractivity contribution < 1.29 is 13.7 Å². The van der Waals surface area contributed by atoms with E-state index in [0.29, 0.717) is 0 Å². The maximum atomic E-state index is 12.5. The van der Waals surface area contributed by atoms with Gasteiger partial charge in [0.1, 0.15) is 5.56 Å². The predicted octanol–water partition coefficient (Wildman–Crippen LogP) is 2.25. The number of aromatic nitrogens is 1. The van der Waals surface area contributed by atoms with E-state index >= 15 is 0 Å². The third-order valence-electron chi connectivity index (χ3n) is 1.68.